The van der Waals surface area contributed by atoms with Crippen molar-refractivity contribution in [3.63, 3.8) is 0 Å². The summed E-state index contributed by atoms with van der Waals surface area (Å²) in [5.74, 6) is 1.15. The van der Waals surface area contributed by atoms with E-state index in [0.717, 1.165) is 17.0 Å². The van der Waals surface area contributed by atoms with Gasteiger partial charge >= 0.3 is 0 Å². The van der Waals surface area contributed by atoms with Crippen LogP contribution in [0.15, 0.2) is 42.5 Å². The molecule has 0 aliphatic carbocycles. The molecule has 0 spiro atoms. The van der Waals surface area contributed by atoms with Gasteiger partial charge in [0.15, 0.2) is 0 Å². The van der Waals surface area contributed by atoms with E-state index in [2.05, 4.69) is 31.0 Å². The highest BCUT2D eigenvalue weighted by atomic mass is 35.5. The van der Waals surface area contributed by atoms with Crippen molar-refractivity contribution in [2.24, 2.45) is 0 Å². The van der Waals surface area contributed by atoms with Gasteiger partial charge in [-0.1, -0.05) is 26.0 Å². The van der Waals surface area contributed by atoms with E-state index in [0.29, 0.717) is 11.4 Å². The standard InChI is InChI=1S/C17H16ClFN2/c1-11(2)12-4-3-5-14(8-12)21-16-7-6-13(19)9-15(16)20-17(21)10-18/h3-9,11H,10H2,1-2H3. The normalized spacial score (nSPS) is 11.5. The van der Waals surface area contributed by atoms with E-state index in [1.165, 1.54) is 17.7 Å². The lowest BCUT2D eigenvalue weighted by atomic mass is 10.0. The molecule has 3 aromatic rings. The number of benzene rings is 2. The molecule has 1 aromatic heterocycles. The van der Waals surface area contributed by atoms with Crippen molar-refractivity contribution in [1.82, 2.24) is 9.55 Å². The fraction of sp³-hybridized carbons (Fsp3) is 0.235. The molecular weight excluding hydrogens is 287 g/mol. The van der Waals surface area contributed by atoms with Crippen LogP contribution < -0.4 is 0 Å². The van der Waals surface area contributed by atoms with E-state index in [-0.39, 0.29) is 11.7 Å². The van der Waals surface area contributed by atoms with Crippen LogP contribution in [0.25, 0.3) is 16.7 Å². The molecule has 1 heterocycles. The topological polar surface area (TPSA) is 17.8 Å². The summed E-state index contributed by atoms with van der Waals surface area (Å²) in [6.07, 6.45) is 0. The van der Waals surface area contributed by atoms with Gasteiger partial charge in [-0.25, -0.2) is 9.37 Å². The van der Waals surface area contributed by atoms with E-state index in [1.54, 1.807) is 6.07 Å². The average molecular weight is 303 g/mol. The molecule has 2 nitrogen and oxygen atoms in total. The second-order valence-corrected chi connectivity index (χ2v) is 5.65. The summed E-state index contributed by atoms with van der Waals surface area (Å²) in [7, 11) is 0. The number of hydrogen-bond acceptors (Lipinski definition) is 1. The molecule has 2 aromatic carbocycles. The zero-order chi connectivity index (χ0) is 15.0. The Morgan fingerprint density at radius 1 is 1.19 bits per heavy atom. The van der Waals surface area contributed by atoms with Gasteiger partial charge in [0.1, 0.15) is 11.6 Å². The molecule has 0 saturated heterocycles. The van der Waals surface area contributed by atoms with Crippen LogP contribution >= 0.6 is 11.6 Å². The lowest BCUT2D eigenvalue weighted by Crippen LogP contribution is -2.00. The summed E-state index contributed by atoms with van der Waals surface area (Å²) >= 11 is 6.02. The molecule has 108 valence electrons. The summed E-state index contributed by atoms with van der Waals surface area (Å²) < 4.78 is 15.4. The van der Waals surface area contributed by atoms with Crippen molar-refractivity contribution < 1.29 is 4.39 Å². The molecule has 0 aliphatic rings. The predicted molar refractivity (Wildman–Crippen MR) is 84.7 cm³/mol. The highest BCUT2D eigenvalue weighted by Crippen LogP contribution is 2.25. The zero-order valence-corrected chi connectivity index (χ0v) is 12.7. The molecule has 0 saturated carbocycles. The maximum absolute atomic E-state index is 13.4. The third-order valence-electron chi connectivity index (χ3n) is 3.60. The van der Waals surface area contributed by atoms with E-state index < -0.39 is 0 Å². The minimum Gasteiger partial charge on any atom is -0.295 e. The van der Waals surface area contributed by atoms with Crippen LogP contribution in [0.3, 0.4) is 0 Å². The van der Waals surface area contributed by atoms with Crippen molar-refractivity contribution in [2.45, 2.75) is 25.6 Å². The highest BCUT2D eigenvalue weighted by molar-refractivity contribution is 6.17. The maximum Gasteiger partial charge on any atom is 0.129 e. The number of hydrogen-bond donors (Lipinski definition) is 0. The monoisotopic (exact) mass is 302 g/mol. The molecule has 0 aliphatic heterocycles. The van der Waals surface area contributed by atoms with Crippen molar-refractivity contribution in [3.8, 4) is 5.69 Å². The summed E-state index contributed by atoms with van der Waals surface area (Å²) in [6, 6.07) is 12.9. The third-order valence-corrected chi connectivity index (χ3v) is 3.84. The third kappa shape index (κ3) is 2.54. The first-order valence-electron chi connectivity index (χ1n) is 6.93. The Kier molecular flexibility index (Phi) is 3.68. The molecule has 0 bridgehead atoms. The van der Waals surface area contributed by atoms with E-state index >= 15 is 0 Å². The van der Waals surface area contributed by atoms with Gasteiger partial charge in [0.2, 0.25) is 0 Å². The number of alkyl halides is 1. The van der Waals surface area contributed by atoms with Gasteiger partial charge in [-0.15, -0.1) is 11.6 Å². The van der Waals surface area contributed by atoms with Crippen LogP contribution in [0, 0.1) is 5.82 Å². The Balaban J connectivity index is 2.25. The Labute approximate surface area is 128 Å². The van der Waals surface area contributed by atoms with Crippen LogP contribution in [0.5, 0.6) is 0 Å². The smallest absolute Gasteiger partial charge is 0.129 e. The molecule has 0 unspecified atom stereocenters. The quantitative estimate of drug-likeness (QED) is 0.621. The van der Waals surface area contributed by atoms with Gasteiger partial charge in [-0.05, 0) is 35.7 Å². The van der Waals surface area contributed by atoms with Gasteiger partial charge in [0.05, 0.1) is 16.9 Å². The highest BCUT2D eigenvalue weighted by Gasteiger charge is 2.13. The Morgan fingerprint density at radius 2 is 2.00 bits per heavy atom. The minimum atomic E-state index is -0.288. The fourth-order valence-electron chi connectivity index (χ4n) is 2.50. The summed E-state index contributed by atoms with van der Waals surface area (Å²) in [6.45, 7) is 4.31. The van der Waals surface area contributed by atoms with Crippen molar-refractivity contribution >= 4 is 22.6 Å². The lowest BCUT2D eigenvalue weighted by molar-refractivity contribution is 0.629. The molecule has 0 atom stereocenters. The Morgan fingerprint density at radius 3 is 2.71 bits per heavy atom. The van der Waals surface area contributed by atoms with Crippen molar-refractivity contribution in [3.05, 3.63) is 59.7 Å². The van der Waals surface area contributed by atoms with Gasteiger partial charge in [-0.3, -0.25) is 4.57 Å². The first-order chi connectivity index (χ1) is 10.1. The molecule has 3 rings (SSSR count). The molecule has 0 N–H and O–H groups in total. The predicted octanol–water partition coefficient (Wildman–Crippen LogP) is 5.03. The molecule has 0 amide bonds. The summed E-state index contributed by atoms with van der Waals surface area (Å²) in [5.41, 5.74) is 3.75. The van der Waals surface area contributed by atoms with Crippen molar-refractivity contribution in [1.29, 1.82) is 0 Å². The van der Waals surface area contributed by atoms with E-state index in [1.807, 2.05) is 16.7 Å². The van der Waals surface area contributed by atoms with Crippen LogP contribution in [0.1, 0.15) is 31.2 Å². The van der Waals surface area contributed by atoms with Gasteiger partial charge < -0.3 is 0 Å². The van der Waals surface area contributed by atoms with Crippen LogP contribution in [0.2, 0.25) is 0 Å². The van der Waals surface area contributed by atoms with Crippen LogP contribution in [-0.4, -0.2) is 9.55 Å². The van der Waals surface area contributed by atoms with E-state index in [9.17, 15) is 4.39 Å². The lowest BCUT2D eigenvalue weighted by Gasteiger charge is -2.11. The SMILES string of the molecule is CC(C)c1cccc(-n2c(CCl)nc3cc(F)ccc32)c1. The second kappa shape index (κ2) is 5.49. The Hall–Kier alpha value is -1.87. The first-order valence-corrected chi connectivity index (χ1v) is 7.47. The molecule has 0 radical (unpaired) electrons. The van der Waals surface area contributed by atoms with Crippen molar-refractivity contribution in [2.75, 3.05) is 0 Å². The van der Waals surface area contributed by atoms with Gasteiger partial charge in [0, 0.05) is 11.8 Å². The number of aromatic nitrogens is 2. The maximum atomic E-state index is 13.4. The van der Waals surface area contributed by atoms with Gasteiger partial charge in [0.25, 0.3) is 0 Å². The summed E-state index contributed by atoms with van der Waals surface area (Å²) in [4.78, 5) is 4.43. The second-order valence-electron chi connectivity index (χ2n) is 5.38. The molecule has 0 fully saturated rings. The number of halogens is 2. The molecule has 21 heavy (non-hydrogen) atoms. The largest absolute Gasteiger partial charge is 0.295 e. The average Bonchev–Trinajstić information content (AvgIpc) is 2.84. The van der Waals surface area contributed by atoms with Crippen LogP contribution in [0.4, 0.5) is 4.39 Å². The molecule has 4 heteroatoms. The first kappa shape index (κ1) is 14.1. The molecular formula is C17H16ClFN2. The number of fused-ring (bicyclic) bond motifs is 1. The number of rotatable bonds is 3. The number of nitrogens with zero attached hydrogens (tertiary/aromatic N) is 2. The minimum absolute atomic E-state index is 0.280. The number of imidazole rings is 1. The van der Waals surface area contributed by atoms with E-state index in [4.69, 9.17) is 11.6 Å². The van der Waals surface area contributed by atoms with Crippen LogP contribution in [-0.2, 0) is 5.88 Å². The van der Waals surface area contributed by atoms with Gasteiger partial charge in [-0.2, -0.15) is 0 Å². The fourth-order valence-corrected chi connectivity index (χ4v) is 2.68. The summed E-state index contributed by atoms with van der Waals surface area (Å²) in [5, 5.41) is 0. The zero-order valence-electron chi connectivity index (χ0n) is 12.0. The Bertz CT molecular complexity index is 793.